The van der Waals surface area contributed by atoms with E-state index in [1.807, 2.05) is 55.4 Å². The summed E-state index contributed by atoms with van der Waals surface area (Å²) < 4.78 is 0. The lowest BCUT2D eigenvalue weighted by atomic mass is 9.78. The van der Waals surface area contributed by atoms with Crippen molar-refractivity contribution in [1.29, 1.82) is 0 Å². The number of benzene rings is 4. The quantitative estimate of drug-likeness (QED) is 0.197. The van der Waals surface area contributed by atoms with Crippen LogP contribution in [0.25, 0.3) is 32.3 Å². The first-order valence-corrected chi connectivity index (χ1v) is 12.3. The van der Waals surface area contributed by atoms with Crippen LogP contribution >= 0.6 is 0 Å². The van der Waals surface area contributed by atoms with Gasteiger partial charge in [0.15, 0.2) is 0 Å². The third-order valence-corrected chi connectivity index (χ3v) is 4.90. The molecule has 0 heteroatoms. The standard InChI is InChI=1S/C23H22.4C2H6/c1-15-18-11-7-8-12-19(18)20-13-16-9-5-6-10-17(16)14-21(20)22(15)23(2,3)4;4*1-2/h5-14H,1-4H3;4*1-2H3. The highest BCUT2D eigenvalue weighted by Crippen LogP contribution is 2.40. The molecule has 170 valence electrons. The summed E-state index contributed by atoms with van der Waals surface area (Å²) in [5.41, 5.74) is 3.00. The van der Waals surface area contributed by atoms with Crippen LogP contribution in [0, 0.1) is 6.92 Å². The predicted molar refractivity (Wildman–Crippen MR) is 148 cm³/mol. The molecule has 0 fully saturated rings. The predicted octanol–water partition coefficient (Wildman–Crippen LogP) is 10.9. The second-order valence-corrected chi connectivity index (χ2v) is 7.54. The lowest BCUT2D eigenvalue weighted by molar-refractivity contribution is 0.593. The van der Waals surface area contributed by atoms with Crippen LogP contribution in [0.2, 0.25) is 0 Å². The summed E-state index contributed by atoms with van der Waals surface area (Å²) in [5, 5.41) is 8.13. The molecule has 0 aromatic heterocycles. The largest absolute Gasteiger partial charge is 0.0683 e. The second-order valence-electron chi connectivity index (χ2n) is 7.54. The topological polar surface area (TPSA) is 0 Å². The van der Waals surface area contributed by atoms with Crippen molar-refractivity contribution in [1.82, 2.24) is 0 Å². The summed E-state index contributed by atoms with van der Waals surface area (Å²) in [4.78, 5) is 0. The molecule has 31 heavy (non-hydrogen) atoms. The molecule has 4 aromatic carbocycles. The first-order valence-electron chi connectivity index (χ1n) is 12.3. The number of hydrogen-bond acceptors (Lipinski definition) is 0. The van der Waals surface area contributed by atoms with Crippen molar-refractivity contribution in [2.75, 3.05) is 0 Å². The van der Waals surface area contributed by atoms with Gasteiger partial charge in [0.05, 0.1) is 0 Å². The smallest absolute Gasteiger partial charge is 0.00958 e. The Balaban J connectivity index is 0.00000102. The molecule has 0 unspecified atom stereocenters. The van der Waals surface area contributed by atoms with E-state index in [-0.39, 0.29) is 5.41 Å². The van der Waals surface area contributed by atoms with Crippen LogP contribution in [0.5, 0.6) is 0 Å². The fourth-order valence-electron chi connectivity index (χ4n) is 4.02. The Morgan fingerprint density at radius 1 is 0.484 bits per heavy atom. The lowest BCUT2D eigenvalue weighted by Gasteiger charge is -2.26. The molecule has 0 bridgehead atoms. The highest BCUT2D eigenvalue weighted by atomic mass is 14.3. The van der Waals surface area contributed by atoms with Crippen LogP contribution in [-0.2, 0) is 5.41 Å². The highest BCUT2D eigenvalue weighted by Gasteiger charge is 2.22. The fourth-order valence-corrected chi connectivity index (χ4v) is 4.02. The molecule has 0 aliphatic carbocycles. The summed E-state index contributed by atoms with van der Waals surface area (Å²) in [6, 6.07) is 22.2. The molecule has 0 saturated carbocycles. The minimum Gasteiger partial charge on any atom is -0.0683 e. The third kappa shape index (κ3) is 6.33. The summed E-state index contributed by atoms with van der Waals surface area (Å²) in [6.45, 7) is 25.2. The number of aryl methyl sites for hydroxylation is 1. The van der Waals surface area contributed by atoms with E-state index in [9.17, 15) is 0 Å². The van der Waals surface area contributed by atoms with Gasteiger partial charge in [-0.3, -0.25) is 0 Å². The van der Waals surface area contributed by atoms with Crippen molar-refractivity contribution in [3.63, 3.8) is 0 Å². The van der Waals surface area contributed by atoms with Gasteiger partial charge in [0.25, 0.3) is 0 Å². The fraction of sp³-hybridized carbons (Fsp3) is 0.419. The summed E-state index contributed by atoms with van der Waals surface area (Å²) >= 11 is 0. The second kappa shape index (κ2) is 13.9. The van der Waals surface area contributed by atoms with Gasteiger partial charge >= 0.3 is 0 Å². The van der Waals surface area contributed by atoms with Gasteiger partial charge in [-0.25, -0.2) is 0 Å². The number of hydrogen-bond donors (Lipinski definition) is 0. The van der Waals surface area contributed by atoms with Crippen LogP contribution in [0.1, 0.15) is 87.3 Å². The van der Waals surface area contributed by atoms with E-state index in [2.05, 4.69) is 88.4 Å². The zero-order valence-corrected chi connectivity index (χ0v) is 22.3. The van der Waals surface area contributed by atoms with Crippen molar-refractivity contribution in [3.8, 4) is 0 Å². The van der Waals surface area contributed by atoms with Gasteiger partial charge in [-0.05, 0) is 67.9 Å². The van der Waals surface area contributed by atoms with E-state index >= 15 is 0 Å². The van der Waals surface area contributed by atoms with Gasteiger partial charge in [0.2, 0.25) is 0 Å². The van der Waals surface area contributed by atoms with Crippen LogP contribution in [0.3, 0.4) is 0 Å². The van der Waals surface area contributed by atoms with Crippen LogP contribution in [0.4, 0.5) is 0 Å². The monoisotopic (exact) mass is 418 g/mol. The van der Waals surface area contributed by atoms with Gasteiger partial charge in [0.1, 0.15) is 0 Å². The van der Waals surface area contributed by atoms with Crippen molar-refractivity contribution in [2.24, 2.45) is 0 Å². The molecule has 0 aliphatic heterocycles. The Morgan fingerprint density at radius 2 is 0.871 bits per heavy atom. The minimum atomic E-state index is 0.120. The Labute approximate surface area is 192 Å². The summed E-state index contributed by atoms with van der Waals surface area (Å²) in [7, 11) is 0. The highest BCUT2D eigenvalue weighted by molar-refractivity contribution is 6.15. The first-order chi connectivity index (χ1) is 15.0. The number of rotatable bonds is 0. The van der Waals surface area contributed by atoms with Crippen molar-refractivity contribution in [2.45, 2.75) is 88.5 Å². The van der Waals surface area contributed by atoms with E-state index in [1.54, 1.807) is 0 Å². The maximum Gasteiger partial charge on any atom is -0.00958 e. The summed E-state index contributed by atoms with van der Waals surface area (Å²) in [5.74, 6) is 0. The normalized spacial score (nSPS) is 9.94. The maximum absolute atomic E-state index is 2.38. The van der Waals surface area contributed by atoms with E-state index in [4.69, 9.17) is 0 Å². The van der Waals surface area contributed by atoms with E-state index in [0.29, 0.717) is 0 Å². The van der Waals surface area contributed by atoms with E-state index in [1.165, 1.54) is 43.4 Å². The molecule has 0 saturated heterocycles. The molecule has 0 spiro atoms. The minimum absolute atomic E-state index is 0.120. The average Bonchev–Trinajstić information content (AvgIpc) is 2.83. The van der Waals surface area contributed by atoms with Gasteiger partial charge in [-0.1, -0.05) is 125 Å². The van der Waals surface area contributed by atoms with Crippen molar-refractivity contribution >= 4 is 32.3 Å². The van der Waals surface area contributed by atoms with Gasteiger partial charge < -0.3 is 0 Å². The van der Waals surface area contributed by atoms with E-state index in [0.717, 1.165) is 0 Å². The Bertz CT molecular complexity index is 1050. The average molecular weight is 419 g/mol. The molecule has 4 rings (SSSR count). The lowest BCUT2D eigenvalue weighted by Crippen LogP contribution is -2.14. The SMILES string of the molecule is CC.CC.CC.CC.Cc1c(C(C)(C)C)c2cc3ccccc3cc2c2ccccc12. The van der Waals surface area contributed by atoms with Gasteiger partial charge in [-0.2, -0.15) is 0 Å². The molecular formula is C31H46. The van der Waals surface area contributed by atoms with Crippen LogP contribution < -0.4 is 0 Å². The Kier molecular flexibility index (Phi) is 12.8. The van der Waals surface area contributed by atoms with Crippen LogP contribution in [0.15, 0.2) is 60.7 Å². The molecule has 0 nitrogen and oxygen atoms in total. The van der Waals surface area contributed by atoms with E-state index < -0.39 is 0 Å². The molecule has 0 amide bonds. The molecular weight excluding hydrogens is 372 g/mol. The number of fused-ring (bicyclic) bond motifs is 4. The molecule has 0 atom stereocenters. The summed E-state index contributed by atoms with van der Waals surface area (Å²) in [6.07, 6.45) is 0. The van der Waals surface area contributed by atoms with Gasteiger partial charge in [-0.15, -0.1) is 0 Å². The van der Waals surface area contributed by atoms with Gasteiger partial charge in [0, 0.05) is 0 Å². The van der Waals surface area contributed by atoms with Crippen molar-refractivity contribution < 1.29 is 0 Å². The molecule has 0 N–H and O–H groups in total. The molecule has 4 aromatic rings. The third-order valence-electron chi connectivity index (χ3n) is 4.90. The molecule has 0 aliphatic rings. The molecule has 0 radical (unpaired) electrons. The molecule has 0 heterocycles. The van der Waals surface area contributed by atoms with Crippen molar-refractivity contribution in [3.05, 3.63) is 71.8 Å². The zero-order chi connectivity index (χ0) is 24.2. The zero-order valence-electron chi connectivity index (χ0n) is 22.3. The Morgan fingerprint density at radius 3 is 1.32 bits per heavy atom. The van der Waals surface area contributed by atoms with Crippen LogP contribution in [-0.4, -0.2) is 0 Å². The Hall–Kier alpha value is -2.34. The maximum atomic E-state index is 2.38. The first kappa shape index (κ1) is 28.7.